The van der Waals surface area contributed by atoms with E-state index >= 15 is 0 Å². The first-order valence-electron chi connectivity index (χ1n) is 4.41. The molecular formula is C11H19N. The third-order valence-corrected chi connectivity index (χ3v) is 1.52. The summed E-state index contributed by atoms with van der Waals surface area (Å²) in [6, 6.07) is 0. The number of aliphatic imine (C=N–C) groups is 1. The van der Waals surface area contributed by atoms with Crippen LogP contribution >= 0.6 is 0 Å². The van der Waals surface area contributed by atoms with Crippen LogP contribution in [0.3, 0.4) is 0 Å². The van der Waals surface area contributed by atoms with Crippen LogP contribution in [0.25, 0.3) is 0 Å². The van der Waals surface area contributed by atoms with Crippen LogP contribution in [0.2, 0.25) is 0 Å². The first-order valence-corrected chi connectivity index (χ1v) is 4.41. The van der Waals surface area contributed by atoms with Gasteiger partial charge in [0.15, 0.2) is 0 Å². The minimum absolute atomic E-state index is 0.511. The third kappa shape index (κ3) is 4.89. The molecule has 0 aliphatic rings. The molecule has 0 radical (unpaired) electrons. The van der Waals surface area contributed by atoms with Gasteiger partial charge in [0.2, 0.25) is 0 Å². The van der Waals surface area contributed by atoms with Crippen LogP contribution in [-0.2, 0) is 0 Å². The molecule has 0 saturated carbocycles. The molecule has 0 heterocycles. The average Bonchev–Trinajstić information content (AvgIpc) is 1.96. The molecular weight excluding hydrogens is 146 g/mol. The molecule has 1 heteroatoms. The van der Waals surface area contributed by atoms with Gasteiger partial charge in [-0.3, -0.25) is 4.99 Å². The number of allylic oxidation sites excluding steroid dienone is 4. The average molecular weight is 165 g/mol. The zero-order valence-electron chi connectivity index (χ0n) is 8.76. The molecule has 0 spiro atoms. The van der Waals surface area contributed by atoms with Crippen molar-refractivity contribution in [2.45, 2.75) is 34.6 Å². The summed E-state index contributed by atoms with van der Waals surface area (Å²) in [6.07, 6.45) is 5.94. The molecule has 0 fully saturated rings. The molecule has 0 aromatic carbocycles. The number of nitrogens with zero attached hydrogens (tertiary/aromatic N) is 1. The first kappa shape index (κ1) is 11.2. The quantitative estimate of drug-likeness (QED) is 0.567. The summed E-state index contributed by atoms with van der Waals surface area (Å²) in [7, 11) is 0. The van der Waals surface area contributed by atoms with E-state index in [0.717, 1.165) is 5.70 Å². The van der Waals surface area contributed by atoms with Gasteiger partial charge in [-0.05, 0) is 32.8 Å². The van der Waals surface area contributed by atoms with E-state index in [1.54, 1.807) is 0 Å². The SMILES string of the molecule is C/C=C(\N=CC=C(C)C)C(C)C. The van der Waals surface area contributed by atoms with Crippen LogP contribution in [0, 0.1) is 5.92 Å². The van der Waals surface area contributed by atoms with Gasteiger partial charge in [-0.25, -0.2) is 0 Å². The molecule has 0 rings (SSSR count). The molecule has 0 aliphatic carbocycles. The van der Waals surface area contributed by atoms with E-state index in [1.807, 2.05) is 19.2 Å². The van der Waals surface area contributed by atoms with Gasteiger partial charge in [0.05, 0.1) is 0 Å². The Bertz CT molecular complexity index is 203. The maximum atomic E-state index is 4.34. The van der Waals surface area contributed by atoms with Crippen molar-refractivity contribution in [2.24, 2.45) is 10.9 Å². The maximum absolute atomic E-state index is 4.34. The summed E-state index contributed by atoms with van der Waals surface area (Å²) in [5.74, 6) is 0.511. The summed E-state index contributed by atoms with van der Waals surface area (Å²) in [5, 5.41) is 0. The van der Waals surface area contributed by atoms with Crippen LogP contribution in [0.5, 0.6) is 0 Å². The normalized spacial score (nSPS) is 12.7. The van der Waals surface area contributed by atoms with Gasteiger partial charge in [-0.1, -0.05) is 25.5 Å². The smallest absolute Gasteiger partial charge is 0.0386 e. The van der Waals surface area contributed by atoms with E-state index in [9.17, 15) is 0 Å². The molecule has 0 aromatic heterocycles. The molecule has 0 amide bonds. The second-order valence-electron chi connectivity index (χ2n) is 3.39. The standard InChI is InChI=1S/C11H19N/c1-6-11(10(4)5)12-8-7-9(2)3/h6-8,10H,1-5H3/b11-6-,12-8?. The van der Waals surface area contributed by atoms with E-state index in [0.29, 0.717) is 5.92 Å². The van der Waals surface area contributed by atoms with Crippen LogP contribution in [0.15, 0.2) is 28.4 Å². The maximum Gasteiger partial charge on any atom is 0.0386 e. The van der Waals surface area contributed by atoms with Crippen LogP contribution in [0.1, 0.15) is 34.6 Å². The number of hydrogen-bond donors (Lipinski definition) is 0. The second kappa shape index (κ2) is 5.76. The molecule has 68 valence electrons. The predicted molar refractivity (Wildman–Crippen MR) is 56.5 cm³/mol. The lowest BCUT2D eigenvalue weighted by molar-refractivity contribution is 0.757. The number of hydrogen-bond acceptors (Lipinski definition) is 1. The van der Waals surface area contributed by atoms with Crippen LogP contribution in [-0.4, -0.2) is 6.21 Å². The topological polar surface area (TPSA) is 12.4 Å². The fourth-order valence-corrected chi connectivity index (χ4v) is 0.829. The van der Waals surface area contributed by atoms with Gasteiger partial charge in [-0.2, -0.15) is 0 Å². The van der Waals surface area contributed by atoms with Crippen molar-refractivity contribution < 1.29 is 0 Å². The highest BCUT2D eigenvalue weighted by atomic mass is 14.7. The van der Waals surface area contributed by atoms with E-state index < -0.39 is 0 Å². The van der Waals surface area contributed by atoms with Crippen molar-refractivity contribution in [1.82, 2.24) is 0 Å². The Morgan fingerprint density at radius 2 is 1.83 bits per heavy atom. The van der Waals surface area contributed by atoms with Gasteiger partial charge in [0.1, 0.15) is 0 Å². The minimum Gasteiger partial charge on any atom is -0.261 e. The van der Waals surface area contributed by atoms with Gasteiger partial charge in [0, 0.05) is 11.9 Å². The summed E-state index contributed by atoms with van der Waals surface area (Å²) in [6.45, 7) is 10.5. The lowest BCUT2D eigenvalue weighted by Gasteiger charge is -2.02. The van der Waals surface area contributed by atoms with E-state index in [2.05, 4.69) is 38.8 Å². The molecule has 0 bridgehead atoms. The predicted octanol–water partition coefficient (Wildman–Crippen LogP) is 3.58. The lowest BCUT2D eigenvalue weighted by atomic mass is 10.1. The Hall–Kier alpha value is -0.850. The highest BCUT2D eigenvalue weighted by Crippen LogP contribution is 2.09. The van der Waals surface area contributed by atoms with Crippen molar-refractivity contribution in [1.29, 1.82) is 0 Å². The lowest BCUT2D eigenvalue weighted by Crippen LogP contribution is -1.89. The third-order valence-electron chi connectivity index (χ3n) is 1.52. The van der Waals surface area contributed by atoms with Crippen molar-refractivity contribution >= 4 is 6.21 Å². The largest absolute Gasteiger partial charge is 0.261 e. The molecule has 12 heavy (non-hydrogen) atoms. The van der Waals surface area contributed by atoms with E-state index in [-0.39, 0.29) is 0 Å². The minimum atomic E-state index is 0.511. The molecule has 0 aromatic rings. The fourth-order valence-electron chi connectivity index (χ4n) is 0.829. The first-order chi connectivity index (χ1) is 5.57. The second-order valence-corrected chi connectivity index (χ2v) is 3.39. The van der Waals surface area contributed by atoms with Crippen molar-refractivity contribution in [2.75, 3.05) is 0 Å². The fraction of sp³-hybridized carbons (Fsp3) is 0.545. The molecule has 0 N–H and O–H groups in total. The number of rotatable bonds is 3. The zero-order chi connectivity index (χ0) is 9.56. The molecule has 1 nitrogen and oxygen atoms in total. The van der Waals surface area contributed by atoms with Crippen LogP contribution in [0.4, 0.5) is 0 Å². The summed E-state index contributed by atoms with van der Waals surface area (Å²) >= 11 is 0. The van der Waals surface area contributed by atoms with E-state index in [1.165, 1.54) is 5.57 Å². The highest BCUT2D eigenvalue weighted by molar-refractivity contribution is 5.72. The van der Waals surface area contributed by atoms with Gasteiger partial charge < -0.3 is 0 Å². The molecule has 0 unspecified atom stereocenters. The molecule has 0 aliphatic heterocycles. The summed E-state index contributed by atoms with van der Waals surface area (Å²) < 4.78 is 0. The Morgan fingerprint density at radius 1 is 1.25 bits per heavy atom. The Balaban J connectivity index is 4.23. The Kier molecular flexibility index (Phi) is 5.35. The van der Waals surface area contributed by atoms with Crippen molar-refractivity contribution in [3.05, 3.63) is 23.4 Å². The van der Waals surface area contributed by atoms with Crippen molar-refractivity contribution in [3.63, 3.8) is 0 Å². The van der Waals surface area contributed by atoms with Gasteiger partial charge >= 0.3 is 0 Å². The molecule has 0 saturated heterocycles. The molecule has 0 atom stereocenters. The Morgan fingerprint density at radius 3 is 2.17 bits per heavy atom. The summed E-state index contributed by atoms with van der Waals surface area (Å²) in [5.41, 5.74) is 2.42. The van der Waals surface area contributed by atoms with Gasteiger partial charge in [0.25, 0.3) is 0 Å². The van der Waals surface area contributed by atoms with Crippen molar-refractivity contribution in [3.8, 4) is 0 Å². The van der Waals surface area contributed by atoms with Crippen LogP contribution < -0.4 is 0 Å². The monoisotopic (exact) mass is 165 g/mol. The summed E-state index contributed by atoms with van der Waals surface area (Å²) in [4.78, 5) is 4.34. The highest BCUT2D eigenvalue weighted by Gasteiger charge is 1.96. The Labute approximate surface area is 75.9 Å². The van der Waals surface area contributed by atoms with E-state index in [4.69, 9.17) is 0 Å². The zero-order valence-corrected chi connectivity index (χ0v) is 8.76. The van der Waals surface area contributed by atoms with Gasteiger partial charge in [-0.15, -0.1) is 0 Å².